The van der Waals surface area contributed by atoms with Crippen LogP contribution in [0.4, 0.5) is 0 Å². The van der Waals surface area contributed by atoms with Crippen molar-refractivity contribution in [1.82, 2.24) is 0 Å². The molecule has 0 aliphatic carbocycles. The molecule has 1 rings (SSSR count). The second-order valence-electron chi connectivity index (χ2n) is 4.04. The smallest absolute Gasteiger partial charge is 0.305 e. The van der Waals surface area contributed by atoms with Crippen molar-refractivity contribution in [3.8, 4) is 0 Å². The maximum Gasteiger partial charge on any atom is 0.305 e. The summed E-state index contributed by atoms with van der Waals surface area (Å²) >= 11 is 0. The van der Waals surface area contributed by atoms with E-state index in [0.717, 1.165) is 25.9 Å². The molecule has 0 radical (unpaired) electrons. The Labute approximate surface area is 107 Å². The van der Waals surface area contributed by atoms with Crippen LogP contribution in [-0.2, 0) is 23.7 Å². The standard InChI is InChI=1S/C12H22O6/c13-11(14)4-6-15-7-8-16-9-10-18-12-3-1-2-5-17-12/h12H,1-10H2,(H,13,14). The quantitative estimate of drug-likeness (QED) is 0.593. The third kappa shape index (κ3) is 8.41. The van der Waals surface area contributed by atoms with E-state index in [0.29, 0.717) is 26.4 Å². The lowest BCUT2D eigenvalue weighted by Gasteiger charge is -2.22. The Morgan fingerprint density at radius 2 is 1.83 bits per heavy atom. The summed E-state index contributed by atoms with van der Waals surface area (Å²) in [5, 5.41) is 8.37. The van der Waals surface area contributed by atoms with Gasteiger partial charge >= 0.3 is 5.97 Å². The first-order chi connectivity index (χ1) is 8.79. The molecule has 1 atom stereocenters. The second-order valence-corrected chi connectivity index (χ2v) is 4.04. The predicted molar refractivity (Wildman–Crippen MR) is 63.4 cm³/mol. The highest BCUT2D eigenvalue weighted by molar-refractivity contribution is 5.66. The van der Waals surface area contributed by atoms with Gasteiger partial charge in [0.2, 0.25) is 0 Å². The highest BCUT2D eigenvalue weighted by Gasteiger charge is 2.13. The van der Waals surface area contributed by atoms with Crippen LogP contribution in [0.15, 0.2) is 0 Å². The zero-order chi connectivity index (χ0) is 13.1. The number of carbonyl (C=O) groups is 1. The van der Waals surface area contributed by atoms with E-state index < -0.39 is 5.97 Å². The molecule has 0 amide bonds. The fraction of sp³-hybridized carbons (Fsp3) is 0.917. The molecule has 1 heterocycles. The number of aliphatic carboxylic acids is 1. The molecule has 1 aliphatic rings. The molecule has 0 aromatic heterocycles. The van der Waals surface area contributed by atoms with Crippen LogP contribution in [0, 0.1) is 0 Å². The summed E-state index contributed by atoms with van der Waals surface area (Å²) in [6.07, 6.45) is 3.18. The van der Waals surface area contributed by atoms with E-state index in [9.17, 15) is 4.79 Å². The monoisotopic (exact) mass is 262 g/mol. The van der Waals surface area contributed by atoms with Crippen molar-refractivity contribution < 1.29 is 28.8 Å². The lowest BCUT2D eigenvalue weighted by atomic mass is 10.2. The Bertz CT molecular complexity index is 215. The highest BCUT2D eigenvalue weighted by Crippen LogP contribution is 2.13. The summed E-state index contributed by atoms with van der Waals surface area (Å²) in [5.74, 6) is -0.850. The van der Waals surface area contributed by atoms with Gasteiger partial charge in [-0.25, -0.2) is 0 Å². The van der Waals surface area contributed by atoms with E-state index in [1.54, 1.807) is 0 Å². The molecule has 1 unspecified atom stereocenters. The first-order valence-corrected chi connectivity index (χ1v) is 6.39. The van der Waals surface area contributed by atoms with Gasteiger partial charge < -0.3 is 24.1 Å². The Hall–Kier alpha value is -0.690. The SMILES string of the molecule is O=C(O)CCOCCOCCOC1CCCCO1. The molecule has 1 fully saturated rings. The number of carboxylic acid groups (broad SMARTS) is 1. The van der Waals surface area contributed by atoms with Gasteiger partial charge in [0.1, 0.15) is 0 Å². The van der Waals surface area contributed by atoms with Crippen molar-refractivity contribution in [2.75, 3.05) is 39.6 Å². The highest BCUT2D eigenvalue weighted by atomic mass is 16.7. The summed E-state index contributed by atoms with van der Waals surface area (Å²) in [7, 11) is 0. The van der Waals surface area contributed by atoms with E-state index in [1.165, 1.54) is 0 Å². The van der Waals surface area contributed by atoms with Gasteiger partial charge in [0.25, 0.3) is 0 Å². The molecule has 6 heteroatoms. The van der Waals surface area contributed by atoms with Crippen LogP contribution in [0.1, 0.15) is 25.7 Å². The number of hydrogen-bond acceptors (Lipinski definition) is 5. The molecular weight excluding hydrogens is 240 g/mol. The summed E-state index contributed by atoms with van der Waals surface area (Å²) in [6.45, 7) is 2.89. The maximum absolute atomic E-state index is 10.2. The van der Waals surface area contributed by atoms with Gasteiger partial charge in [0.15, 0.2) is 6.29 Å². The zero-order valence-corrected chi connectivity index (χ0v) is 10.6. The third-order valence-electron chi connectivity index (χ3n) is 2.50. The normalized spacial score (nSPS) is 19.9. The van der Waals surface area contributed by atoms with Crippen LogP contribution < -0.4 is 0 Å². The fourth-order valence-electron chi connectivity index (χ4n) is 1.56. The topological polar surface area (TPSA) is 74.2 Å². The predicted octanol–water partition coefficient (Wildman–Crippen LogP) is 1.04. The maximum atomic E-state index is 10.2. The fourth-order valence-corrected chi connectivity index (χ4v) is 1.56. The van der Waals surface area contributed by atoms with Crippen LogP contribution in [0.25, 0.3) is 0 Å². The number of ether oxygens (including phenoxy) is 4. The van der Waals surface area contributed by atoms with E-state index in [1.807, 2.05) is 0 Å². The molecule has 1 N–H and O–H groups in total. The van der Waals surface area contributed by atoms with E-state index in [2.05, 4.69) is 0 Å². The molecule has 6 nitrogen and oxygen atoms in total. The van der Waals surface area contributed by atoms with Gasteiger partial charge in [-0.05, 0) is 19.3 Å². The molecule has 0 aromatic carbocycles. The van der Waals surface area contributed by atoms with Crippen LogP contribution in [-0.4, -0.2) is 57.0 Å². The second kappa shape index (κ2) is 10.3. The van der Waals surface area contributed by atoms with Crippen LogP contribution in [0.2, 0.25) is 0 Å². The van der Waals surface area contributed by atoms with E-state index >= 15 is 0 Å². The summed E-state index contributed by atoms with van der Waals surface area (Å²) in [5.41, 5.74) is 0. The third-order valence-corrected chi connectivity index (χ3v) is 2.50. The number of hydrogen-bond donors (Lipinski definition) is 1. The van der Waals surface area contributed by atoms with Gasteiger partial charge in [-0.2, -0.15) is 0 Å². The molecule has 1 aliphatic heterocycles. The average molecular weight is 262 g/mol. The zero-order valence-electron chi connectivity index (χ0n) is 10.6. The molecule has 1 saturated heterocycles. The van der Waals surface area contributed by atoms with Gasteiger partial charge in [0.05, 0.1) is 39.5 Å². The molecule has 106 valence electrons. The molecule has 0 aromatic rings. The summed E-state index contributed by atoms with van der Waals surface area (Å²) < 4.78 is 21.2. The molecule has 0 bridgehead atoms. The van der Waals surface area contributed by atoms with Crippen LogP contribution >= 0.6 is 0 Å². The van der Waals surface area contributed by atoms with Gasteiger partial charge in [-0.1, -0.05) is 0 Å². The molecular formula is C12H22O6. The van der Waals surface area contributed by atoms with Gasteiger partial charge in [-0.3, -0.25) is 4.79 Å². The Morgan fingerprint density at radius 1 is 1.11 bits per heavy atom. The number of rotatable bonds is 10. The van der Waals surface area contributed by atoms with Crippen LogP contribution in [0.3, 0.4) is 0 Å². The van der Waals surface area contributed by atoms with Crippen molar-refractivity contribution in [2.45, 2.75) is 32.0 Å². The Kier molecular flexibility index (Phi) is 8.75. The Morgan fingerprint density at radius 3 is 2.50 bits per heavy atom. The van der Waals surface area contributed by atoms with Crippen LogP contribution in [0.5, 0.6) is 0 Å². The van der Waals surface area contributed by atoms with Crippen molar-refractivity contribution in [2.24, 2.45) is 0 Å². The minimum atomic E-state index is -0.850. The van der Waals surface area contributed by atoms with Crippen molar-refractivity contribution in [1.29, 1.82) is 0 Å². The first-order valence-electron chi connectivity index (χ1n) is 6.39. The largest absolute Gasteiger partial charge is 0.481 e. The molecule has 0 saturated carbocycles. The summed E-state index contributed by atoms with van der Waals surface area (Å²) in [6, 6.07) is 0. The minimum Gasteiger partial charge on any atom is -0.481 e. The number of carboxylic acids is 1. The summed E-state index contributed by atoms with van der Waals surface area (Å²) in [4.78, 5) is 10.2. The molecule has 18 heavy (non-hydrogen) atoms. The molecule has 0 spiro atoms. The Balaban J connectivity index is 1.76. The van der Waals surface area contributed by atoms with Gasteiger partial charge in [0, 0.05) is 6.61 Å². The van der Waals surface area contributed by atoms with Crippen molar-refractivity contribution in [3.05, 3.63) is 0 Å². The lowest BCUT2D eigenvalue weighted by Crippen LogP contribution is -2.24. The van der Waals surface area contributed by atoms with Crippen molar-refractivity contribution in [3.63, 3.8) is 0 Å². The first kappa shape index (κ1) is 15.4. The van der Waals surface area contributed by atoms with E-state index in [4.69, 9.17) is 24.1 Å². The van der Waals surface area contributed by atoms with Gasteiger partial charge in [-0.15, -0.1) is 0 Å². The minimum absolute atomic E-state index is 0.0299. The lowest BCUT2D eigenvalue weighted by molar-refractivity contribution is -0.169. The average Bonchev–Trinajstić information content (AvgIpc) is 2.37. The van der Waals surface area contributed by atoms with Crippen molar-refractivity contribution >= 4 is 5.97 Å². The van der Waals surface area contributed by atoms with E-state index in [-0.39, 0.29) is 19.3 Å².